The van der Waals surface area contributed by atoms with Crippen molar-refractivity contribution in [2.45, 2.75) is 116 Å². The van der Waals surface area contributed by atoms with E-state index in [1.807, 2.05) is 59.7 Å². The third-order valence-electron chi connectivity index (χ3n) is 9.02. The van der Waals surface area contributed by atoms with Crippen LogP contribution in [0.3, 0.4) is 0 Å². The lowest BCUT2D eigenvalue weighted by molar-refractivity contribution is -0.144. The monoisotopic (exact) mass is 614 g/mol. The van der Waals surface area contributed by atoms with Crippen LogP contribution < -0.4 is 9.62 Å². The molecular weight excluding hydrogens is 565 g/mol. The third-order valence-corrected chi connectivity index (χ3v) is 15.3. The Bertz CT molecular complexity index is 1380. The molecule has 9 heteroatoms. The smallest absolute Gasteiger partial charge is 0.270 e. The summed E-state index contributed by atoms with van der Waals surface area (Å²) in [5.41, 5.74) is 2.89. The summed E-state index contributed by atoms with van der Waals surface area (Å²) in [6.45, 7) is 24.2. The van der Waals surface area contributed by atoms with Crippen LogP contribution in [0.25, 0.3) is 0 Å². The van der Waals surface area contributed by atoms with Gasteiger partial charge in [0.05, 0.1) is 34.6 Å². The summed E-state index contributed by atoms with van der Waals surface area (Å²) < 4.78 is 36.5. The molecule has 1 aliphatic heterocycles. The molecule has 0 aliphatic carbocycles. The number of para-hydroxylation sites is 1. The molecule has 0 bridgehead atoms. The van der Waals surface area contributed by atoms with Crippen molar-refractivity contribution in [2.75, 3.05) is 4.31 Å². The largest absolute Gasteiger partial charge is 0.413 e. The zero-order valence-electron chi connectivity index (χ0n) is 27.4. The van der Waals surface area contributed by atoms with E-state index in [2.05, 4.69) is 39.2 Å². The molecule has 3 rings (SSSR count). The van der Waals surface area contributed by atoms with Crippen molar-refractivity contribution in [3.8, 4) is 0 Å². The molecule has 2 aromatic rings. The van der Waals surface area contributed by atoms with Crippen molar-refractivity contribution < 1.29 is 22.4 Å². The van der Waals surface area contributed by atoms with E-state index in [1.165, 1.54) is 0 Å². The van der Waals surface area contributed by atoms with Gasteiger partial charge in [-0.25, -0.2) is 12.7 Å². The summed E-state index contributed by atoms with van der Waals surface area (Å²) in [6.07, 6.45) is -0.420. The average Bonchev–Trinajstić information content (AvgIpc) is 2.85. The van der Waals surface area contributed by atoms with Gasteiger partial charge in [-0.2, -0.15) is 0 Å². The van der Waals surface area contributed by atoms with Crippen molar-refractivity contribution in [3.63, 3.8) is 0 Å². The molecule has 2 aromatic carbocycles. The Labute approximate surface area is 254 Å². The number of hydrogen-bond acceptors (Lipinski definition) is 5. The fourth-order valence-electron chi connectivity index (χ4n) is 5.32. The van der Waals surface area contributed by atoms with E-state index in [0.717, 1.165) is 21.0 Å². The lowest BCUT2D eigenvalue weighted by Gasteiger charge is -2.47. The second-order valence-corrected chi connectivity index (χ2v) is 20.5. The lowest BCUT2D eigenvalue weighted by Crippen LogP contribution is -2.67. The van der Waals surface area contributed by atoms with Gasteiger partial charge < -0.3 is 9.74 Å². The second-order valence-electron chi connectivity index (χ2n) is 13.9. The molecule has 232 valence electrons. The number of amides is 2. The van der Waals surface area contributed by atoms with E-state index in [4.69, 9.17) is 4.43 Å². The number of nitrogens with one attached hydrogen (secondary N) is 1. The highest BCUT2D eigenvalue weighted by molar-refractivity contribution is 7.93. The van der Waals surface area contributed by atoms with Crippen LogP contribution in [0.1, 0.15) is 90.8 Å². The highest BCUT2D eigenvalue weighted by atomic mass is 32.2. The molecule has 7 nitrogen and oxygen atoms in total. The summed E-state index contributed by atoms with van der Waals surface area (Å²) in [4.78, 5) is 27.5. The summed E-state index contributed by atoms with van der Waals surface area (Å²) >= 11 is 0. The van der Waals surface area contributed by atoms with Crippen LogP contribution in [0.2, 0.25) is 18.1 Å². The zero-order valence-corrected chi connectivity index (χ0v) is 29.2. The first-order chi connectivity index (χ1) is 19.2. The first kappa shape index (κ1) is 34.0. The Morgan fingerprint density at radius 2 is 1.43 bits per heavy atom. The van der Waals surface area contributed by atoms with Gasteiger partial charge in [-0.05, 0) is 67.1 Å². The van der Waals surface area contributed by atoms with Gasteiger partial charge in [0.15, 0.2) is 8.32 Å². The van der Waals surface area contributed by atoms with Crippen LogP contribution >= 0.6 is 0 Å². The minimum Gasteiger partial charge on any atom is -0.413 e. The molecule has 1 N–H and O–H groups in total. The van der Waals surface area contributed by atoms with Crippen LogP contribution in [0.15, 0.2) is 47.4 Å². The lowest BCUT2D eigenvalue weighted by atomic mass is 9.78. The van der Waals surface area contributed by atoms with Crippen molar-refractivity contribution in [3.05, 3.63) is 59.2 Å². The number of sulfonamides is 1. The summed E-state index contributed by atoms with van der Waals surface area (Å²) in [6, 6.07) is 11.7. The number of carbonyl (C=O) groups is 2. The van der Waals surface area contributed by atoms with Gasteiger partial charge >= 0.3 is 0 Å². The molecule has 1 heterocycles. The van der Waals surface area contributed by atoms with E-state index < -0.39 is 48.2 Å². The first-order valence-corrected chi connectivity index (χ1v) is 19.3. The van der Waals surface area contributed by atoms with Gasteiger partial charge in [-0.1, -0.05) is 91.3 Å². The zero-order chi connectivity index (χ0) is 31.9. The molecule has 0 radical (unpaired) electrons. The quantitative estimate of drug-likeness (QED) is 0.227. The molecule has 1 fully saturated rings. The number of benzene rings is 2. The minimum absolute atomic E-state index is 0.0355. The molecule has 0 aromatic heterocycles. The van der Waals surface area contributed by atoms with Gasteiger partial charge in [0.25, 0.3) is 10.0 Å². The summed E-state index contributed by atoms with van der Waals surface area (Å²) in [5, 5.41) is 2.86. The van der Waals surface area contributed by atoms with Crippen LogP contribution in [0, 0.1) is 18.8 Å². The Morgan fingerprint density at radius 3 is 1.86 bits per heavy atom. The molecule has 0 spiro atoms. The van der Waals surface area contributed by atoms with Crippen LogP contribution in [0.5, 0.6) is 0 Å². The molecule has 4 atom stereocenters. The standard InChI is InChI=1S/C33H50N2O5SSi/c1-20(2)26-14-13-15-27(21(3)4)30(26)35(41(38,39)25-18-16-22(5)17-19-25)32(37)23(6)29-28(31(36)34-29)24(7)40-42(11,12)33(8,9)10/h13-21,23-24,28-29H,1-12H3,(H,34,36)/t23-,24-,28-,29-/m1/s1. The Kier molecular flexibility index (Phi) is 9.91. The van der Waals surface area contributed by atoms with Gasteiger partial charge in [0, 0.05) is 0 Å². The molecular formula is C33H50N2O5SSi. The number of hydrogen-bond donors (Lipinski definition) is 1. The number of aryl methyl sites for hydroxylation is 1. The molecule has 1 aliphatic rings. The fourth-order valence-corrected chi connectivity index (χ4v) is 8.30. The Hall–Kier alpha value is -2.49. The molecule has 2 amide bonds. The third kappa shape index (κ3) is 6.53. The van der Waals surface area contributed by atoms with Crippen molar-refractivity contribution in [1.82, 2.24) is 5.32 Å². The van der Waals surface area contributed by atoms with Gasteiger partial charge in [0.2, 0.25) is 11.8 Å². The SMILES string of the molecule is Cc1ccc(S(=O)(=O)N(C(=O)[C@H](C)[C@H]2NC(=O)[C@@H]2[C@@H](C)O[Si](C)(C)C(C)(C)C)c2c(C(C)C)cccc2C(C)C)cc1. The maximum atomic E-state index is 14.6. The minimum atomic E-state index is -4.30. The number of nitrogens with zero attached hydrogens (tertiary/aromatic N) is 1. The van der Waals surface area contributed by atoms with Crippen LogP contribution in [0.4, 0.5) is 5.69 Å². The van der Waals surface area contributed by atoms with E-state index in [0.29, 0.717) is 5.69 Å². The number of anilines is 1. The highest BCUT2D eigenvalue weighted by Crippen LogP contribution is 2.42. The van der Waals surface area contributed by atoms with Crippen molar-refractivity contribution >= 4 is 35.8 Å². The predicted molar refractivity (Wildman–Crippen MR) is 173 cm³/mol. The fraction of sp³-hybridized carbons (Fsp3) is 0.576. The van der Waals surface area contributed by atoms with Gasteiger partial charge in [-0.3, -0.25) is 9.59 Å². The molecule has 1 saturated heterocycles. The van der Waals surface area contributed by atoms with Gasteiger partial charge in [0.1, 0.15) is 0 Å². The Morgan fingerprint density at radius 1 is 0.929 bits per heavy atom. The number of carbonyl (C=O) groups excluding carboxylic acids is 2. The molecule has 0 unspecified atom stereocenters. The second kappa shape index (κ2) is 12.2. The van der Waals surface area contributed by atoms with E-state index in [-0.39, 0.29) is 27.7 Å². The summed E-state index contributed by atoms with van der Waals surface area (Å²) in [5.74, 6) is -2.20. The predicted octanol–water partition coefficient (Wildman–Crippen LogP) is 7.12. The summed E-state index contributed by atoms with van der Waals surface area (Å²) in [7, 11) is -6.50. The topological polar surface area (TPSA) is 92.8 Å². The van der Waals surface area contributed by atoms with Crippen LogP contribution in [-0.2, 0) is 24.0 Å². The van der Waals surface area contributed by atoms with E-state index >= 15 is 0 Å². The van der Waals surface area contributed by atoms with Crippen molar-refractivity contribution in [1.29, 1.82) is 0 Å². The highest BCUT2D eigenvalue weighted by Gasteiger charge is 2.52. The normalized spacial score (nSPS) is 19.3. The maximum absolute atomic E-state index is 14.6. The van der Waals surface area contributed by atoms with E-state index in [9.17, 15) is 18.0 Å². The number of rotatable bonds is 10. The Balaban J connectivity index is 2.14. The maximum Gasteiger partial charge on any atom is 0.270 e. The van der Waals surface area contributed by atoms with Gasteiger partial charge in [-0.15, -0.1) is 0 Å². The average molecular weight is 615 g/mol. The molecule has 0 saturated carbocycles. The van der Waals surface area contributed by atoms with E-state index in [1.54, 1.807) is 31.2 Å². The molecule has 42 heavy (non-hydrogen) atoms. The van der Waals surface area contributed by atoms with Crippen molar-refractivity contribution in [2.24, 2.45) is 11.8 Å². The van der Waals surface area contributed by atoms with Crippen LogP contribution in [-0.4, -0.2) is 40.7 Å². The first-order valence-electron chi connectivity index (χ1n) is 15.0. The number of β-lactam (4-membered cyclic amide) rings is 1.